The summed E-state index contributed by atoms with van der Waals surface area (Å²) in [6.07, 6.45) is 0.579. The first-order valence-electron chi connectivity index (χ1n) is 5.73. The van der Waals surface area contributed by atoms with Crippen LogP contribution in [0.15, 0.2) is 29.2 Å². The van der Waals surface area contributed by atoms with Gasteiger partial charge in [0.15, 0.2) is 0 Å². The zero-order valence-corrected chi connectivity index (χ0v) is 12.0. The molecule has 0 atom stereocenters. The van der Waals surface area contributed by atoms with Crippen molar-refractivity contribution >= 4 is 46.7 Å². The molecule has 0 bridgehead atoms. The van der Waals surface area contributed by atoms with Gasteiger partial charge in [0.25, 0.3) is 5.91 Å². The van der Waals surface area contributed by atoms with E-state index in [1.165, 1.54) is 6.08 Å². The molecule has 104 valence electrons. The van der Waals surface area contributed by atoms with Crippen molar-refractivity contribution in [2.75, 3.05) is 6.61 Å². The number of rotatable bonds is 2. The highest BCUT2D eigenvalue weighted by Crippen LogP contribution is 2.32. The number of ether oxygens (including phenoxy) is 1. The number of hydrogen-bond acceptors (Lipinski definition) is 5. The second-order valence-electron chi connectivity index (χ2n) is 3.77. The maximum Gasteiger partial charge on any atom is 0.424 e. The highest BCUT2D eigenvalue weighted by atomic mass is 35.5. The number of nitrogens with zero attached hydrogens (tertiary/aromatic N) is 1. The van der Waals surface area contributed by atoms with Gasteiger partial charge in [0.05, 0.1) is 11.5 Å². The summed E-state index contributed by atoms with van der Waals surface area (Å²) in [6.45, 7) is 1.69. The molecule has 0 unspecified atom stereocenters. The zero-order valence-electron chi connectivity index (χ0n) is 10.5. The van der Waals surface area contributed by atoms with Crippen molar-refractivity contribution in [3.8, 4) is 0 Å². The summed E-state index contributed by atoms with van der Waals surface area (Å²) in [5, 5.41) is -0.0876. The van der Waals surface area contributed by atoms with Crippen molar-refractivity contribution < 1.29 is 19.1 Å². The van der Waals surface area contributed by atoms with Gasteiger partial charge < -0.3 is 4.74 Å². The van der Waals surface area contributed by atoms with Crippen LogP contribution in [0.5, 0.6) is 0 Å². The predicted octanol–water partition coefficient (Wildman–Crippen LogP) is 3.53. The molecule has 2 rings (SSSR count). The van der Waals surface area contributed by atoms with E-state index >= 15 is 0 Å². The van der Waals surface area contributed by atoms with Crippen LogP contribution in [0.4, 0.5) is 9.59 Å². The number of amides is 3. The highest BCUT2D eigenvalue weighted by molar-refractivity contribution is 8.18. The minimum Gasteiger partial charge on any atom is -0.449 e. The first kappa shape index (κ1) is 14.6. The largest absolute Gasteiger partial charge is 0.449 e. The van der Waals surface area contributed by atoms with Gasteiger partial charge in [0.2, 0.25) is 0 Å². The van der Waals surface area contributed by atoms with Gasteiger partial charge in [-0.2, -0.15) is 4.90 Å². The van der Waals surface area contributed by atoms with Crippen LogP contribution < -0.4 is 0 Å². The molecule has 5 nitrogen and oxygen atoms in total. The third kappa shape index (κ3) is 3.02. The number of halogens is 1. The van der Waals surface area contributed by atoms with Crippen LogP contribution in [0.25, 0.3) is 6.08 Å². The Kier molecular flexibility index (Phi) is 4.46. The number of imide groups is 3. The zero-order chi connectivity index (χ0) is 14.7. The van der Waals surface area contributed by atoms with E-state index in [1.807, 2.05) is 0 Å². The van der Waals surface area contributed by atoms with Gasteiger partial charge in [0, 0.05) is 5.02 Å². The van der Waals surface area contributed by atoms with E-state index in [1.54, 1.807) is 31.2 Å². The van der Waals surface area contributed by atoms with Crippen LogP contribution in [0.1, 0.15) is 12.5 Å². The van der Waals surface area contributed by atoms with E-state index in [-0.39, 0.29) is 11.5 Å². The number of carbonyl (C=O) groups excluding carboxylic acids is 3. The summed E-state index contributed by atoms with van der Waals surface area (Å²) in [7, 11) is 0. The Morgan fingerprint density at radius 1 is 1.35 bits per heavy atom. The molecular formula is C13H10ClNO4S. The van der Waals surface area contributed by atoms with Crippen LogP contribution in [0, 0.1) is 0 Å². The van der Waals surface area contributed by atoms with Crippen molar-refractivity contribution in [1.29, 1.82) is 0 Å². The van der Waals surface area contributed by atoms with Crippen LogP contribution >= 0.6 is 23.4 Å². The molecule has 20 heavy (non-hydrogen) atoms. The lowest BCUT2D eigenvalue weighted by atomic mass is 10.2. The van der Waals surface area contributed by atoms with Crippen molar-refractivity contribution in [3.63, 3.8) is 0 Å². The quantitative estimate of drug-likeness (QED) is 0.782. The van der Waals surface area contributed by atoms with Gasteiger partial charge in [-0.3, -0.25) is 9.59 Å². The molecule has 1 fully saturated rings. The van der Waals surface area contributed by atoms with Crippen LogP contribution in [-0.4, -0.2) is 28.7 Å². The van der Waals surface area contributed by atoms with Gasteiger partial charge in [-0.15, -0.1) is 0 Å². The first-order chi connectivity index (χ1) is 9.52. The molecule has 0 aliphatic carbocycles. The Morgan fingerprint density at radius 2 is 2.00 bits per heavy atom. The fraction of sp³-hybridized carbons (Fsp3) is 0.154. The van der Waals surface area contributed by atoms with Gasteiger partial charge in [0.1, 0.15) is 0 Å². The average molecular weight is 312 g/mol. The van der Waals surface area contributed by atoms with E-state index in [0.29, 0.717) is 27.2 Å². The Bertz CT molecular complexity index is 597. The second-order valence-corrected chi connectivity index (χ2v) is 5.20. The van der Waals surface area contributed by atoms with Crippen LogP contribution in [-0.2, 0) is 9.53 Å². The Labute approximate surface area is 124 Å². The van der Waals surface area contributed by atoms with Crippen molar-refractivity contribution in [1.82, 2.24) is 4.90 Å². The second kappa shape index (κ2) is 6.11. The first-order valence-corrected chi connectivity index (χ1v) is 6.92. The SMILES string of the molecule is CCOC(=O)N1C(=O)S/C(=C\c2ccc(Cl)cc2)C1=O. The highest BCUT2D eigenvalue weighted by Gasteiger charge is 2.40. The molecule has 7 heteroatoms. The minimum absolute atomic E-state index is 0.0940. The summed E-state index contributed by atoms with van der Waals surface area (Å²) in [6, 6.07) is 6.76. The summed E-state index contributed by atoms with van der Waals surface area (Å²) >= 11 is 6.46. The van der Waals surface area contributed by atoms with Crippen molar-refractivity contribution in [2.24, 2.45) is 0 Å². The predicted molar refractivity (Wildman–Crippen MR) is 76.3 cm³/mol. The Morgan fingerprint density at radius 3 is 2.60 bits per heavy atom. The fourth-order valence-corrected chi connectivity index (χ4v) is 2.46. The topological polar surface area (TPSA) is 63.7 Å². The number of carbonyl (C=O) groups is 3. The van der Waals surface area contributed by atoms with Gasteiger partial charge in [-0.25, -0.2) is 4.79 Å². The number of benzene rings is 1. The molecule has 1 aliphatic heterocycles. The molecule has 1 aromatic carbocycles. The van der Waals surface area contributed by atoms with E-state index in [0.717, 1.165) is 0 Å². The minimum atomic E-state index is -0.950. The van der Waals surface area contributed by atoms with Crippen molar-refractivity contribution in [2.45, 2.75) is 6.92 Å². The Hall–Kier alpha value is -1.79. The fourth-order valence-electron chi connectivity index (χ4n) is 1.52. The number of thioether (sulfide) groups is 1. The van der Waals surface area contributed by atoms with E-state index in [4.69, 9.17) is 11.6 Å². The molecule has 1 heterocycles. The maximum absolute atomic E-state index is 12.0. The third-order valence-corrected chi connectivity index (χ3v) is 3.53. The molecule has 1 saturated heterocycles. The van der Waals surface area contributed by atoms with Crippen LogP contribution in [0.3, 0.4) is 0 Å². The maximum atomic E-state index is 12.0. The Balaban J connectivity index is 2.23. The van der Waals surface area contributed by atoms with E-state index < -0.39 is 17.2 Å². The normalized spacial score (nSPS) is 16.9. The van der Waals surface area contributed by atoms with Crippen LogP contribution in [0.2, 0.25) is 5.02 Å². The lowest BCUT2D eigenvalue weighted by molar-refractivity contribution is -0.121. The summed E-state index contributed by atoms with van der Waals surface area (Å²) in [5.41, 5.74) is 0.712. The summed E-state index contributed by atoms with van der Waals surface area (Å²) in [4.78, 5) is 35.8. The molecule has 1 aliphatic rings. The lowest BCUT2D eigenvalue weighted by Crippen LogP contribution is -2.35. The third-order valence-electron chi connectivity index (χ3n) is 2.41. The van der Waals surface area contributed by atoms with Gasteiger partial charge in [-0.05, 0) is 42.5 Å². The van der Waals surface area contributed by atoms with E-state index in [9.17, 15) is 14.4 Å². The molecular weight excluding hydrogens is 302 g/mol. The molecule has 0 spiro atoms. The number of hydrogen-bond donors (Lipinski definition) is 0. The summed E-state index contributed by atoms with van der Waals surface area (Å²) in [5.74, 6) is -0.673. The average Bonchev–Trinajstić information content (AvgIpc) is 2.67. The monoisotopic (exact) mass is 311 g/mol. The smallest absolute Gasteiger partial charge is 0.424 e. The summed E-state index contributed by atoms with van der Waals surface area (Å²) < 4.78 is 4.67. The van der Waals surface area contributed by atoms with Crippen molar-refractivity contribution in [3.05, 3.63) is 39.8 Å². The molecule has 1 aromatic rings. The molecule has 3 amide bonds. The van der Waals surface area contributed by atoms with Gasteiger partial charge >= 0.3 is 11.3 Å². The lowest BCUT2D eigenvalue weighted by Gasteiger charge is -2.09. The molecule has 0 saturated carbocycles. The molecule has 0 aromatic heterocycles. The molecule has 0 N–H and O–H groups in total. The van der Waals surface area contributed by atoms with E-state index in [2.05, 4.69) is 4.74 Å². The standard InChI is InChI=1S/C13H10ClNO4S/c1-2-19-12(17)15-11(16)10(20-13(15)18)7-8-3-5-9(14)6-4-8/h3-7H,2H2,1H3/b10-7-. The molecule has 0 radical (unpaired) electrons. The van der Waals surface area contributed by atoms with Gasteiger partial charge in [-0.1, -0.05) is 23.7 Å².